The fourth-order valence-electron chi connectivity index (χ4n) is 3.37. The molecular formula is C20H25ClF3N3O2S. The van der Waals surface area contributed by atoms with Gasteiger partial charge in [0.05, 0.1) is 16.1 Å². The molecule has 5 nitrogen and oxygen atoms in total. The topological polar surface area (TPSA) is 61.4 Å². The molecule has 1 unspecified atom stereocenters. The lowest BCUT2D eigenvalue weighted by Gasteiger charge is -2.30. The second kappa shape index (κ2) is 9.45. The molecule has 0 bridgehead atoms. The number of halogens is 4. The molecule has 0 aromatic heterocycles. The molecule has 1 heterocycles. The minimum atomic E-state index is -4.43. The third kappa shape index (κ3) is 5.80. The van der Waals surface area contributed by atoms with Gasteiger partial charge in [-0.25, -0.2) is 8.42 Å². The Morgan fingerprint density at radius 2 is 1.77 bits per heavy atom. The summed E-state index contributed by atoms with van der Waals surface area (Å²) in [4.78, 5) is 2.26. The highest BCUT2D eigenvalue weighted by atomic mass is 35.5. The van der Waals surface area contributed by atoms with Crippen LogP contribution in [0.5, 0.6) is 0 Å². The lowest BCUT2D eigenvalue weighted by atomic mass is 10.0. The summed E-state index contributed by atoms with van der Waals surface area (Å²) in [7, 11) is -3.51. The maximum atomic E-state index is 13.0. The van der Waals surface area contributed by atoms with Crippen LogP contribution < -0.4 is 15.5 Å². The first-order valence-electron chi connectivity index (χ1n) is 9.29. The zero-order valence-electron chi connectivity index (χ0n) is 16.7. The van der Waals surface area contributed by atoms with E-state index in [-0.39, 0.29) is 17.3 Å². The molecule has 10 heteroatoms. The van der Waals surface area contributed by atoms with Crippen molar-refractivity contribution < 1.29 is 21.6 Å². The number of hydrogen-bond acceptors (Lipinski definition) is 5. The van der Waals surface area contributed by atoms with E-state index in [1.165, 1.54) is 6.07 Å². The highest BCUT2D eigenvalue weighted by molar-refractivity contribution is 7.90. The van der Waals surface area contributed by atoms with Crippen molar-refractivity contribution in [3.8, 4) is 0 Å². The van der Waals surface area contributed by atoms with E-state index in [2.05, 4.69) is 15.5 Å². The summed E-state index contributed by atoms with van der Waals surface area (Å²) >= 11 is 0. The molecule has 3 rings (SSSR count). The van der Waals surface area contributed by atoms with Crippen LogP contribution in [0.4, 0.5) is 24.5 Å². The van der Waals surface area contributed by atoms with Crippen molar-refractivity contribution in [3.05, 3.63) is 53.6 Å². The van der Waals surface area contributed by atoms with Gasteiger partial charge in [0, 0.05) is 44.2 Å². The van der Waals surface area contributed by atoms with Crippen LogP contribution in [0.2, 0.25) is 0 Å². The van der Waals surface area contributed by atoms with E-state index in [1.54, 1.807) is 31.2 Å². The van der Waals surface area contributed by atoms with Crippen molar-refractivity contribution in [3.63, 3.8) is 0 Å². The van der Waals surface area contributed by atoms with Crippen molar-refractivity contribution in [1.82, 2.24) is 5.32 Å². The first-order chi connectivity index (χ1) is 13.6. The number of nitrogens with one attached hydrogen (secondary N) is 2. The van der Waals surface area contributed by atoms with Crippen LogP contribution in [0.15, 0.2) is 47.4 Å². The van der Waals surface area contributed by atoms with Gasteiger partial charge < -0.3 is 15.5 Å². The largest absolute Gasteiger partial charge is 0.416 e. The molecule has 1 aliphatic heterocycles. The van der Waals surface area contributed by atoms with Gasteiger partial charge in [-0.3, -0.25) is 0 Å². The van der Waals surface area contributed by atoms with E-state index in [4.69, 9.17) is 0 Å². The lowest BCUT2D eigenvalue weighted by Crippen LogP contribution is -2.43. The van der Waals surface area contributed by atoms with Crippen molar-refractivity contribution in [2.24, 2.45) is 0 Å². The van der Waals surface area contributed by atoms with Gasteiger partial charge in [-0.1, -0.05) is 12.1 Å². The number of rotatable bonds is 5. The zero-order chi connectivity index (χ0) is 21.2. The summed E-state index contributed by atoms with van der Waals surface area (Å²) in [6.07, 6.45) is -3.32. The van der Waals surface area contributed by atoms with Gasteiger partial charge >= 0.3 is 6.18 Å². The fraction of sp³-hybridized carbons (Fsp3) is 0.400. The van der Waals surface area contributed by atoms with Gasteiger partial charge in [0.15, 0.2) is 9.84 Å². The molecule has 2 aromatic rings. The molecule has 2 N–H and O–H groups in total. The van der Waals surface area contributed by atoms with Crippen LogP contribution in [0.3, 0.4) is 0 Å². The Labute approximate surface area is 181 Å². The van der Waals surface area contributed by atoms with Crippen molar-refractivity contribution in [2.75, 3.05) is 42.7 Å². The molecule has 1 fully saturated rings. The predicted octanol–water partition coefficient (Wildman–Crippen LogP) is 4.11. The first kappa shape index (κ1) is 24.3. The Hall–Kier alpha value is -1.97. The molecule has 0 aliphatic carbocycles. The molecular weight excluding hydrogens is 439 g/mol. The number of benzene rings is 2. The van der Waals surface area contributed by atoms with E-state index in [0.717, 1.165) is 50.3 Å². The van der Waals surface area contributed by atoms with Crippen LogP contribution >= 0.6 is 12.4 Å². The van der Waals surface area contributed by atoms with Crippen LogP contribution in [-0.4, -0.2) is 40.9 Å². The zero-order valence-corrected chi connectivity index (χ0v) is 18.3. The maximum absolute atomic E-state index is 13.0. The highest BCUT2D eigenvalue weighted by Gasteiger charge is 2.30. The van der Waals surface area contributed by atoms with Crippen molar-refractivity contribution in [2.45, 2.75) is 24.0 Å². The molecule has 166 valence electrons. The summed E-state index contributed by atoms with van der Waals surface area (Å²) in [5.41, 5.74) is 0.944. The molecule has 1 atom stereocenters. The molecule has 0 radical (unpaired) electrons. The maximum Gasteiger partial charge on any atom is 0.416 e. The summed E-state index contributed by atoms with van der Waals surface area (Å²) < 4.78 is 63.5. The quantitative estimate of drug-likeness (QED) is 0.698. The Kier molecular flexibility index (Phi) is 7.65. The molecule has 1 aliphatic rings. The lowest BCUT2D eigenvalue weighted by molar-refractivity contribution is -0.137. The van der Waals surface area contributed by atoms with Crippen LogP contribution in [0.25, 0.3) is 0 Å². The van der Waals surface area contributed by atoms with Gasteiger partial charge in [-0.15, -0.1) is 12.4 Å². The first-order valence-corrected chi connectivity index (χ1v) is 11.2. The summed E-state index contributed by atoms with van der Waals surface area (Å²) in [5.74, 6) is 0. The average molecular weight is 464 g/mol. The Morgan fingerprint density at radius 1 is 1.10 bits per heavy atom. The number of nitrogens with zero attached hydrogens (tertiary/aromatic N) is 1. The number of hydrogen-bond donors (Lipinski definition) is 2. The standard InChI is InChI=1S/C20H24F3N3O2S.ClH/c1-14(15-4-3-5-16(12-15)20(21,22)23)25-18-13-17(26-10-8-24-9-11-26)6-7-19(18)29(2,27)28;/h3-7,12-14,24-25H,8-11H2,1-2H3;1H. The van der Waals surface area contributed by atoms with Crippen LogP contribution in [0.1, 0.15) is 24.1 Å². The smallest absolute Gasteiger partial charge is 0.377 e. The number of anilines is 2. The minimum absolute atomic E-state index is 0. The second-order valence-corrected chi connectivity index (χ2v) is 9.16. The highest BCUT2D eigenvalue weighted by Crippen LogP contribution is 2.33. The van der Waals surface area contributed by atoms with Gasteiger partial charge in [0.2, 0.25) is 0 Å². The van der Waals surface area contributed by atoms with E-state index in [0.29, 0.717) is 11.3 Å². The van der Waals surface area contributed by atoms with Crippen molar-refractivity contribution >= 4 is 33.6 Å². The van der Waals surface area contributed by atoms with E-state index in [9.17, 15) is 21.6 Å². The Bertz CT molecular complexity index is 978. The Balaban J connectivity index is 0.00000320. The molecule has 0 saturated carbocycles. The minimum Gasteiger partial charge on any atom is -0.377 e. The molecule has 0 spiro atoms. The fourth-order valence-corrected chi connectivity index (χ4v) is 4.21. The monoisotopic (exact) mass is 463 g/mol. The van der Waals surface area contributed by atoms with E-state index < -0.39 is 27.6 Å². The number of sulfone groups is 1. The second-order valence-electron chi connectivity index (χ2n) is 7.18. The molecule has 30 heavy (non-hydrogen) atoms. The van der Waals surface area contributed by atoms with Crippen LogP contribution in [-0.2, 0) is 16.0 Å². The van der Waals surface area contributed by atoms with Crippen molar-refractivity contribution in [1.29, 1.82) is 0 Å². The average Bonchev–Trinajstić information content (AvgIpc) is 2.67. The van der Waals surface area contributed by atoms with E-state index in [1.807, 2.05) is 0 Å². The number of alkyl halides is 3. The summed E-state index contributed by atoms with van der Waals surface area (Å²) in [6, 6.07) is 9.59. The normalized spacial score (nSPS) is 16.0. The number of piperazine rings is 1. The van der Waals surface area contributed by atoms with Crippen LogP contribution in [0, 0.1) is 0 Å². The third-order valence-corrected chi connectivity index (χ3v) is 6.09. The van der Waals surface area contributed by atoms with Gasteiger partial charge in [-0.05, 0) is 42.8 Å². The van der Waals surface area contributed by atoms with Gasteiger partial charge in [0.25, 0.3) is 0 Å². The molecule has 1 saturated heterocycles. The summed E-state index contributed by atoms with van der Waals surface area (Å²) in [6.45, 7) is 4.95. The molecule has 2 aromatic carbocycles. The third-order valence-electron chi connectivity index (χ3n) is 4.93. The SMILES string of the molecule is CC(Nc1cc(N2CCNCC2)ccc1S(C)(=O)=O)c1cccc(C(F)(F)F)c1.Cl. The molecule has 0 amide bonds. The predicted molar refractivity (Wildman–Crippen MR) is 115 cm³/mol. The van der Waals surface area contributed by atoms with Gasteiger partial charge in [0.1, 0.15) is 0 Å². The van der Waals surface area contributed by atoms with E-state index >= 15 is 0 Å². The Morgan fingerprint density at radius 3 is 2.37 bits per heavy atom. The summed E-state index contributed by atoms with van der Waals surface area (Å²) in [5, 5.41) is 6.36. The van der Waals surface area contributed by atoms with Gasteiger partial charge in [-0.2, -0.15) is 13.2 Å².